The van der Waals surface area contributed by atoms with Crippen LogP contribution in [-0.2, 0) is 9.59 Å². The van der Waals surface area contributed by atoms with E-state index in [-0.39, 0.29) is 6.54 Å². The first-order chi connectivity index (χ1) is 9.37. The molecule has 0 aliphatic carbocycles. The van der Waals surface area contributed by atoms with E-state index in [1.54, 1.807) is 38.1 Å². The van der Waals surface area contributed by atoms with Gasteiger partial charge < -0.3 is 10.3 Å². The molecule has 106 valence electrons. The number of hydrogen-bond donors (Lipinski definition) is 3. The van der Waals surface area contributed by atoms with Gasteiger partial charge in [-0.15, -0.1) is 0 Å². The van der Waals surface area contributed by atoms with Crippen LogP contribution in [0.4, 0.5) is 5.69 Å². The fourth-order valence-corrected chi connectivity index (χ4v) is 2.05. The number of imide groups is 1. The molecule has 3 amide bonds. The van der Waals surface area contributed by atoms with Crippen molar-refractivity contribution in [3.05, 3.63) is 29.8 Å². The van der Waals surface area contributed by atoms with E-state index in [0.717, 1.165) is 0 Å². The minimum Gasteiger partial charge on any atom is -0.323 e. The van der Waals surface area contributed by atoms with Crippen molar-refractivity contribution in [3.63, 3.8) is 0 Å². The molecule has 2 rings (SSSR count). The molecule has 0 spiro atoms. The number of anilines is 1. The van der Waals surface area contributed by atoms with Crippen molar-refractivity contribution in [2.24, 2.45) is 5.84 Å². The smallest absolute Gasteiger partial charge is 0.257 e. The molecule has 1 saturated heterocycles. The third-order valence-electron chi connectivity index (χ3n) is 3.34. The van der Waals surface area contributed by atoms with Crippen LogP contribution in [0.2, 0.25) is 0 Å². The van der Waals surface area contributed by atoms with E-state index in [1.807, 2.05) is 0 Å². The molecular weight excluding hydrogens is 260 g/mol. The zero-order valence-electron chi connectivity index (χ0n) is 11.3. The molecule has 0 saturated carbocycles. The number of benzene rings is 1. The lowest BCUT2D eigenvalue weighted by molar-refractivity contribution is -0.143. The van der Waals surface area contributed by atoms with E-state index in [4.69, 9.17) is 5.84 Å². The van der Waals surface area contributed by atoms with Crippen molar-refractivity contribution in [1.82, 2.24) is 10.2 Å². The number of carbonyl (C=O) groups is 3. The van der Waals surface area contributed by atoms with Crippen LogP contribution < -0.4 is 16.6 Å². The van der Waals surface area contributed by atoms with Gasteiger partial charge in [0.1, 0.15) is 12.1 Å². The predicted octanol–water partition coefficient (Wildman–Crippen LogP) is -0.151. The van der Waals surface area contributed by atoms with Gasteiger partial charge in [0.25, 0.3) is 11.8 Å². The maximum atomic E-state index is 12.6. The van der Waals surface area contributed by atoms with Crippen LogP contribution in [0.3, 0.4) is 0 Å². The number of amides is 3. The topological polar surface area (TPSA) is 105 Å². The second-order valence-electron chi connectivity index (χ2n) is 5.02. The highest BCUT2D eigenvalue weighted by molar-refractivity contribution is 6.10. The second-order valence-corrected chi connectivity index (χ2v) is 5.02. The van der Waals surface area contributed by atoms with Crippen LogP contribution in [0.25, 0.3) is 0 Å². The maximum absolute atomic E-state index is 12.6. The number of hydrogen-bond acceptors (Lipinski definition) is 5. The van der Waals surface area contributed by atoms with Crippen LogP contribution in [-0.4, -0.2) is 34.7 Å². The molecule has 0 atom stereocenters. The van der Waals surface area contributed by atoms with Gasteiger partial charge in [0.05, 0.1) is 11.3 Å². The third kappa shape index (κ3) is 2.23. The molecule has 7 nitrogen and oxygen atoms in total. The zero-order chi connectivity index (χ0) is 14.9. The number of piperazine rings is 1. The van der Waals surface area contributed by atoms with E-state index in [9.17, 15) is 14.4 Å². The Balaban J connectivity index is 2.41. The number of carbonyl (C=O) groups excluding carboxylic acids is 3. The Morgan fingerprint density at radius 2 is 2.00 bits per heavy atom. The summed E-state index contributed by atoms with van der Waals surface area (Å²) in [6, 6.07) is 6.65. The number of hydrazine groups is 1. The van der Waals surface area contributed by atoms with Crippen molar-refractivity contribution in [2.75, 3.05) is 12.0 Å². The zero-order valence-corrected chi connectivity index (χ0v) is 11.3. The Kier molecular flexibility index (Phi) is 3.46. The molecule has 1 aliphatic heterocycles. The van der Waals surface area contributed by atoms with Gasteiger partial charge in [-0.2, -0.15) is 0 Å². The predicted molar refractivity (Wildman–Crippen MR) is 72.5 cm³/mol. The lowest BCUT2D eigenvalue weighted by Crippen LogP contribution is -2.65. The Bertz CT molecular complexity index is 583. The number of rotatable bonds is 2. The van der Waals surface area contributed by atoms with E-state index >= 15 is 0 Å². The number of nitrogens with one attached hydrogen (secondary N) is 2. The first kappa shape index (κ1) is 14.0. The molecule has 20 heavy (non-hydrogen) atoms. The highest BCUT2D eigenvalue weighted by Crippen LogP contribution is 2.24. The Labute approximate surface area is 116 Å². The van der Waals surface area contributed by atoms with E-state index in [2.05, 4.69) is 10.7 Å². The molecule has 1 aromatic carbocycles. The van der Waals surface area contributed by atoms with Crippen molar-refractivity contribution in [2.45, 2.75) is 19.4 Å². The average Bonchev–Trinajstić information content (AvgIpc) is 2.42. The van der Waals surface area contributed by atoms with Gasteiger partial charge in [0, 0.05) is 0 Å². The first-order valence-corrected chi connectivity index (χ1v) is 6.10. The van der Waals surface area contributed by atoms with Crippen LogP contribution in [0.5, 0.6) is 0 Å². The lowest BCUT2D eigenvalue weighted by Gasteiger charge is -2.40. The average molecular weight is 276 g/mol. The molecule has 1 aromatic rings. The summed E-state index contributed by atoms with van der Waals surface area (Å²) >= 11 is 0. The molecule has 0 aromatic heterocycles. The summed E-state index contributed by atoms with van der Waals surface area (Å²) in [5.41, 5.74) is 2.08. The van der Waals surface area contributed by atoms with E-state index < -0.39 is 23.3 Å². The number of nitrogens with two attached hydrogens (primary N) is 1. The van der Waals surface area contributed by atoms with Gasteiger partial charge in [-0.25, -0.2) is 0 Å². The van der Waals surface area contributed by atoms with Gasteiger partial charge in [0.2, 0.25) is 5.91 Å². The van der Waals surface area contributed by atoms with Crippen molar-refractivity contribution in [1.29, 1.82) is 0 Å². The fraction of sp³-hybridized carbons (Fsp3) is 0.308. The molecule has 7 heteroatoms. The summed E-state index contributed by atoms with van der Waals surface area (Å²) in [7, 11) is 0. The molecule has 0 bridgehead atoms. The van der Waals surface area contributed by atoms with Gasteiger partial charge in [-0.3, -0.25) is 25.5 Å². The molecule has 0 radical (unpaired) electrons. The monoisotopic (exact) mass is 276 g/mol. The number of nitrogens with zero attached hydrogens (tertiary/aromatic N) is 1. The minimum absolute atomic E-state index is 0.170. The molecular formula is C13H16N4O3. The highest BCUT2D eigenvalue weighted by Gasteiger charge is 2.44. The number of para-hydroxylation sites is 1. The van der Waals surface area contributed by atoms with Gasteiger partial charge in [0.15, 0.2) is 0 Å². The summed E-state index contributed by atoms with van der Waals surface area (Å²) < 4.78 is 0. The molecule has 4 N–H and O–H groups in total. The van der Waals surface area contributed by atoms with Crippen LogP contribution in [0, 0.1) is 0 Å². The molecule has 1 fully saturated rings. The molecule has 0 unspecified atom stereocenters. The maximum Gasteiger partial charge on any atom is 0.257 e. The van der Waals surface area contributed by atoms with Crippen molar-refractivity contribution >= 4 is 23.4 Å². The number of nitrogen functional groups attached to an aromatic ring is 1. The van der Waals surface area contributed by atoms with E-state index in [0.29, 0.717) is 11.3 Å². The lowest BCUT2D eigenvalue weighted by atomic mass is 9.97. The molecule has 1 heterocycles. The SMILES string of the molecule is CC1(C)C(=O)NC(=O)CN1C(=O)c1ccccc1NN. The van der Waals surface area contributed by atoms with Crippen LogP contribution in [0.15, 0.2) is 24.3 Å². The fourth-order valence-electron chi connectivity index (χ4n) is 2.05. The summed E-state index contributed by atoms with van der Waals surface area (Å²) in [5, 5.41) is 2.22. The largest absolute Gasteiger partial charge is 0.323 e. The van der Waals surface area contributed by atoms with Gasteiger partial charge in [-0.1, -0.05) is 12.1 Å². The second kappa shape index (κ2) is 4.93. The normalized spacial score (nSPS) is 17.6. The van der Waals surface area contributed by atoms with Crippen LogP contribution >= 0.6 is 0 Å². The summed E-state index contributed by atoms with van der Waals surface area (Å²) in [5.74, 6) is 3.95. The standard InChI is InChI=1S/C13H16N4O3/c1-13(2)12(20)15-10(18)7-17(13)11(19)8-5-3-4-6-9(8)16-14/h3-6,16H,7,14H2,1-2H3,(H,15,18,20). The van der Waals surface area contributed by atoms with E-state index in [1.165, 1.54) is 4.90 Å². The van der Waals surface area contributed by atoms with Crippen molar-refractivity contribution in [3.8, 4) is 0 Å². The summed E-state index contributed by atoms with van der Waals surface area (Å²) in [6.45, 7) is 3.01. The molecule has 1 aliphatic rings. The van der Waals surface area contributed by atoms with Gasteiger partial charge >= 0.3 is 0 Å². The quantitative estimate of drug-likeness (QED) is 0.396. The minimum atomic E-state index is -1.10. The first-order valence-electron chi connectivity index (χ1n) is 6.10. The van der Waals surface area contributed by atoms with Crippen LogP contribution in [0.1, 0.15) is 24.2 Å². The third-order valence-corrected chi connectivity index (χ3v) is 3.34. The summed E-state index contributed by atoms with van der Waals surface area (Å²) in [6.07, 6.45) is 0. The van der Waals surface area contributed by atoms with Crippen molar-refractivity contribution < 1.29 is 14.4 Å². The van der Waals surface area contributed by atoms with Gasteiger partial charge in [-0.05, 0) is 26.0 Å². The Hall–Kier alpha value is -2.41. The summed E-state index contributed by atoms with van der Waals surface area (Å²) in [4.78, 5) is 37.2. The highest BCUT2D eigenvalue weighted by atomic mass is 16.2. The Morgan fingerprint density at radius 1 is 1.35 bits per heavy atom. The Morgan fingerprint density at radius 3 is 2.65 bits per heavy atom.